The van der Waals surface area contributed by atoms with Crippen molar-refractivity contribution in [3.8, 4) is 23.0 Å². The summed E-state index contributed by atoms with van der Waals surface area (Å²) in [7, 11) is 0. The molecule has 35 heavy (non-hydrogen) atoms. The summed E-state index contributed by atoms with van der Waals surface area (Å²) in [6.07, 6.45) is -0.631. The lowest BCUT2D eigenvalue weighted by Gasteiger charge is -2.14. The number of fused-ring (bicyclic) bond motifs is 3. The van der Waals surface area contributed by atoms with Gasteiger partial charge in [-0.1, -0.05) is 60.4 Å². The first-order valence-corrected chi connectivity index (χ1v) is 11.0. The Hall–Kier alpha value is -4.64. The number of benzene rings is 3. The number of rotatable bonds is 6. The number of carbonyl (C=O) groups is 2. The summed E-state index contributed by atoms with van der Waals surface area (Å²) in [5.41, 5.74) is 4.37. The van der Waals surface area contributed by atoms with Crippen molar-refractivity contribution in [3.63, 3.8) is 0 Å². The quantitative estimate of drug-likeness (QED) is 0.243. The maximum Gasteiger partial charge on any atom is 0.407 e. The number of nitrogens with one attached hydrogen (secondary N) is 1. The fourth-order valence-corrected chi connectivity index (χ4v) is 4.04. The lowest BCUT2D eigenvalue weighted by Crippen LogP contribution is -2.26. The molecule has 3 aromatic rings. The molecule has 0 atom stereocenters. The molecule has 1 amide bonds. The predicted molar refractivity (Wildman–Crippen MR) is 129 cm³/mol. The molecule has 8 heteroatoms. The zero-order valence-corrected chi connectivity index (χ0v) is 18.9. The van der Waals surface area contributed by atoms with Gasteiger partial charge in [-0.15, -0.1) is 0 Å². The number of ether oxygens (including phenoxy) is 2. The molecule has 1 aliphatic rings. The van der Waals surface area contributed by atoms with E-state index in [1.165, 1.54) is 12.1 Å². The van der Waals surface area contributed by atoms with E-state index in [9.17, 15) is 19.7 Å². The number of hydrogen-bond acceptors (Lipinski definition) is 6. The van der Waals surface area contributed by atoms with E-state index in [1.54, 1.807) is 6.92 Å². The van der Waals surface area contributed by atoms with Gasteiger partial charge in [0.15, 0.2) is 0 Å². The number of nitro groups is 1. The van der Waals surface area contributed by atoms with E-state index in [2.05, 4.69) is 29.3 Å². The molecule has 0 bridgehead atoms. The predicted octanol–water partition coefficient (Wildman–Crippen LogP) is 4.66. The van der Waals surface area contributed by atoms with Crippen LogP contribution < -0.4 is 5.32 Å². The van der Waals surface area contributed by atoms with Crippen molar-refractivity contribution in [2.75, 3.05) is 19.8 Å². The maximum absolute atomic E-state index is 12.2. The summed E-state index contributed by atoms with van der Waals surface area (Å²) in [6, 6.07) is 20.0. The van der Waals surface area contributed by atoms with Crippen LogP contribution >= 0.6 is 0 Å². The summed E-state index contributed by atoms with van der Waals surface area (Å²) in [5.74, 6) is 4.63. The Kier molecular flexibility index (Phi) is 7.07. The molecule has 3 aromatic carbocycles. The third-order valence-corrected chi connectivity index (χ3v) is 5.59. The monoisotopic (exact) mass is 470 g/mol. The Bertz CT molecular complexity index is 1310. The molecule has 0 saturated heterocycles. The maximum atomic E-state index is 12.2. The van der Waals surface area contributed by atoms with Crippen LogP contribution in [0.5, 0.6) is 0 Å². The van der Waals surface area contributed by atoms with Gasteiger partial charge in [0, 0.05) is 12.0 Å². The minimum atomic E-state index is -0.646. The Morgan fingerprint density at radius 3 is 2.29 bits per heavy atom. The number of nitro benzene ring substituents is 1. The molecular weight excluding hydrogens is 448 g/mol. The summed E-state index contributed by atoms with van der Waals surface area (Å²) >= 11 is 0. The summed E-state index contributed by atoms with van der Waals surface area (Å²) in [6.45, 7) is 1.92. The van der Waals surface area contributed by atoms with Gasteiger partial charge in [-0.05, 0) is 41.3 Å². The van der Waals surface area contributed by atoms with Crippen molar-refractivity contribution in [3.05, 3.63) is 99.1 Å². The third kappa shape index (κ3) is 5.14. The van der Waals surface area contributed by atoms with Crippen LogP contribution in [0, 0.1) is 22.0 Å². The third-order valence-electron chi connectivity index (χ3n) is 5.59. The highest BCUT2D eigenvalue weighted by atomic mass is 16.6. The van der Waals surface area contributed by atoms with E-state index in [0.717, 1.165) is 28.3 Å². The van der Waals surface area contributed by atoms with E-state index in [4.69, 9.17) is 9.47 Å². The molecule has 0 aliphatic heterocycles. The number of hydrogen-bond donors (Lipinski definition) is 1. The Morgan fingerprint density at radius 1 is 1.00 bits per heavy atom. The molecule has 4 rings (SSSR count). The van der Waals surface area contributed by atoms with Crippen molar-refractivity contribution in [2.45, 2.75) is 12.8 Å². The van der Waals surface area contributed by atoms with Crippen molar-refractivity contribution in [1.29, 1.82) is 0 Å². The summed E-state index contributed by atoms with van der Waals surface area (Å²) in [5, 5.41) is 13.9. The summed E-state index contributed by atoms with van der Waals surface area (Å²) in [4.78, 5) is 34.8. The summed E-state index contributed by atoms with van der Waals surface area (Å²) < 4.78 is 10.3. The highest BCUT2D eigenvalue weighted by Gasteiger charge is 2.28. The van der Waals surface area contributed by atoms with Gasteiger partial charge in [0.2, 0.25) is 0 Å². The van der Waals surface area contributed by atoms with Crippen LogP contribution in [-0.2, 0) is 9.47 Å². The molecule has 0 fully saturated rings. The zero-order valence-electron chi connectivity index (χ0n) is 18.9. The fraction of sp³-hybridized carbons (Fsp3) is 0.185. The van der Waals surface area contributed by atoms with Gasteiger partial charge in [0.25, 0.3) is 5.69 Å². The molecule has 8 nitrogen and oxygen atoms in total. The van der Waals surface area contributed by atoms with Gasteiger partial charge in [0.05, 0.1) is 23.6 Å². The average Bonchev–Trinajstić information content (AvgIpc) is 3.19. The fourth-order valence-electron chi connectivity index (χ4n) is 4.04. The smallest absolute Gasteiger partial charge is 0.407 e. The topological polar surface area (TPSA) is 108 Å². The normalized spacial score (nSPS) is 11.5. The second-order valence-electron chi connectivity index (χ2n) is 7.69. The zero-order chi connectivity index (χ0) is 24.8. The number of nitrogens with zero attached hydrogens (tertiary/aromatic N) is 1. The highest BCUT2D eigenvalue weighted by molar-refractivity contribution is 5.90. The number of esters is 1. The number of carbonyl (C=O) groups excluding carboxylic acids is 2. The highest BCUT2D eigenvalue weighted by Crippen LogP contribution is 2.44. The van der Waals surface area contributed by atoms with Gasteiger partial charge >= 0.3 is 12.1 Å². The van der Waals surface area contributed by atoms with E-state index < -0.39 is 17.0 Å². The largest absolute Gasteiger partial charge is 0.462 e. The first-order valence-electron chi connectivity index (χ1n) is 11.0. The molecule has 1 aliphatic carbocycles. The van der Waals surface area contributed by atoms with Crippen LogP contribution in [0.4, 0.5) is 10.5 Å². The minimum absolute atomic E-state index is 0.0557. The van der Waals surface area contributed by atoms with Crippen LogP contribution in [0.3, 0.4) is 0 Å². The Balaban J connectivity index is 1.36. The van der Waals surface area contributed by atoms with Gasteiger partial charge in [0.1, 0.15) is 12.2 Å². The van der Waals surface area contributed by atoms with Gasteiger partial charge in [-0.2, -0.15) is 0 Å². The van der Waals surface area contributed by atoms with Crippen LogP contribution in [0.25, 0.3) is 11.1 Å². The molecule has 0 saturated carbocycles. The minimum Gasteiger partial charge on any atom is -0.462 e. The molecule has 0 spiro atoms. The van der Waals surface area contributed by atoms with Gasteiger partial charge in [-0.3, -0.25) is 10.1 Å². The Labute approximate surface area is 202 Å². The first kappa shape index (κ1) is 23.5. The second-order valence-corrected chi connectivity index (χ2v) is 7.69. The number of alkyl carbamates (subject to hydrolysis) is 1. The van der Waals surface area contributed by atoms with Crippen LogP contribution in [0.2, 0.25) is 0 Å². The standard InChI is InChI=1S/C27H22N2O6/c1-2-34-26(30)19-14-13-18(25(16-19)29(32)33)8-7-15-28-27(31)35-17-24-22-11-5-3-9-20(22)21-10-4-6-12-23(21)24/h3-6,9-14,16,24H,2,15,17H2,1H3,(H,28,31). The second kappa shape index (κ2) is 10.5. The van der Waals surface area contributed by atoms with Crippen molar-refractivity contribution in [1.82, 2.24) is 5.32 Å². The van der Waals surface area contributed by atoms with E-state index in [1.807, 2.05) is 36.4 Å². The molecule has 0 heterocycles. The first-order chi connectivity index (χ1) is 17.0. The van der Waals surface area contributed by atoms with Crippen molar-refractivity contribution in [2.24, 2.45) is 0 Å². The Morgan fingerprint density at radius 2 is 1.66 bits per heavy atom. The lowest BCUT2D eigenvalue weighted by molar-refractivity contribution is -0.385. The lowest BCUT2D eigenvalue weighted by atomic mass is 9.98. The molecule has 0 radical (unpaired) electrons. The van der Waals surface area contributed by atoms with Crippen LogP contribution in [-0.4, -0.2) is 36.7 Å². The SMILES string of the molecule is CCOC(=O)c1ccc(C#CCNC(=O)OCC2c3ccccc3-c3ccccc32)c([N+](=O)[O-])c1. The molecule has 0 unspecified atom stereocenters. The van der Waals surface area contributed by atoms with Gasteiger partial charge < -0.3 is 14.8 Å². The van der Waals surface area contributed by atoms with Crippen molar-refractivity contribution >= 4 is 17.7 Å². The number of amides is 1. The van der Waals surface area contributed by atoms with E-state index in [-0.39, 0.29) is 42.5 Å². The molecule has 1 N–H and O–H groups in total. The van der Waals surface area contributed by atoms with Gasteiger partial charge in [-0.25, -0.2) is 9.59 Å². The van der Waals surface area contributed by atoms with E-state index in [0.29, 0.717) is 0 Å². The van der Waals surface area contributed by atoms with Crippen LogP contribution in [0.15, 0.2) is 66.7 Å². The molecule has 0 aromatic heterocycles. The van der Waals surface area contributed by atoms with E-state index >= 15 is 0 Å². The average molecular weight is 470 g/mol. The van der Waals surface area contributed by atoms with Crippen molar-refractivity contribution < 1.29 is 24.0 Å². The molecular formula is C27H22N2O6. The van der Waals surface area contributed by atoms with Crippen LogP contribution in [0.1, 0.15) is 39.9 Å². The molecule has 176 valence electrons.